The van der Waals surface area contributed by atoms with Crippen molar-refractivity contribution in [2.24, 2.45) is 0 Å². The Morgan fingerprint density at radius 2 is 1.76 bits per heavy atom. The lowest BCUT2D eigenvalue weighted by Crippen LogP contribution is -2.45. The van der Waals surface area contributed by atoms with Crippen LogP contribution in [0.2, 0.25) is 0 Å². The van der Waals surface area contributed by atoms with Crippen LogP contribution in [0, 0.1) is 5.82 Å². The molecule has 6 nitrogen and oxygen atoms in total. The summed E-state index contributed by atoms with van der Waals surface area (Å²) in [6.45, 7) is 3.53. The van der Waals surface area contributed by atoms with Gasteiger partial charge < -0.3 is 10.2 Å². The highest BCUT2D eigenvalue weighted by Crippen LogP contribution is 2.24. The van der Waals surface area contributed by atoms with Crippen molar-refractivity contribution in [1.82, 2.24) is 0 Å². The molecule has 1 unspecified atom stereocenters. The standard InChI is InChI=1S/C21H26FN3O3S/c1-16(25(29(2,27)28)20-8-6-7-17(22)15-20)21(26)23-18-9-11-19(12-10-18)24-13-4-3-5-14-24/h6-12,15-16H,3-5,13-14H2,1-2H3,(H,23,26). The lowest BCUT2D eigenvalue weighted by Gasteiger charge is -2.29. The van der Waals surface area contributed by atoms with E-state index in [1.165, 1.54) is 44.4 Å². The number of benzene rings is 2. The number of nitrogens with zero attached hydrogens (tertiary/aromatic N) is 2. The van der Waals surface area contributed by atoms with E-state index in [4.69, 9.17) is 0 Å². The van der Waals surface area contributed by atoms with Crippen molar-refractivity contribution in [2.75, 3.05) is 33.9 Å². The number of nitrogens with one attached hydrogen (secondary N) is 1. The summed E-state index contributed by atoms with van der Waals surface area (Å²) in [6.07, 6.45) is 4.61. The Hall–Kier alpha value is -2.61. The number of rotatable bonds is 6. The fourth-order valence-electron chi connectivity index (χ4n) is 3.58. The van der Waals surface area contributed by atoms with E-state index in [9.17, 15) is 17.6 Å². The minimum atomic E-state index is -3.79. The zero-order chi connectivity index (χ0) is 21.0. The predicted octanol–water partition coefficient (Wildman–Crippen LogP) is 3.61. The van der Waals surface area contributed by atoms with Gasteiger partial charge in [0.2, 0.25) is 15.9 Å². The van der Waals surface area contributed by atoms with Crippen LogP contribution in [0.25, 0.3) is 0 Å². The Labute approximate surface area is 171 Å². The van der Waals surface area contributed by atoms with Crippen molar-refractivity contribution in [3.05, 3.63) is 54.3 Å². The van der Waals surface area contributed by atoms with E-state index in [2.05, 4.69) is 10.2 Å². The molecule has 0 bridgehead atoms. The second-order valence-electron chi connectivity index (χ2n) is 7.30. The van der Waals surface area contributed by atoms with Crippen molar-refractivity contribution in [3.63, 3.8) is 0 Å². The van der Waals surface area contributed by atoms with E-state index in [0.29, 0.717) is 5.69 Å². The number of carbonyl (C=O) groups excluding carboxylic acids is 1. The number of hydrogen-bond donors (Lipinski definition) is 1. The Morgan fingerprint density at radius 3 is 2.34 bits per heavy atom. The van der Waals surface area contributed by atoms with Crippen LogP contribution < -0.4 is 14.5 Å². The van der Waals surface area contributed by atoms with Crippen molar-refractivity contribution in [2.45, 2.75) is 32.2 Å². The van der Waals surface area contributed by atoms with Crippen LogP contribution in [0.15, 0.2) is 48.5 Å². The molecule has 1 N–H and O–H groups in total. The topological polar surface area (TPSA) is 69.7 Å². The van der Waals surface area contributed by atoms with Gasteiger partial charge >= 0.3 is 0 Å². The second-order valence-corrected chi connectivity index (χ2v) is 9.16. The summed E-state index contributed by atoms with van der Waals surface area (Å²) in [5.74, 6) is -1.07. The summed E-state index contributed by atoms with van der Waals surface area (Å²) in [7, 11) is -3.79. The number of amides is 1. The van der Waals surface area contributed by atoms with Gasteiger partial charge in [-0.05, 0) is 68.7 Å². The summed E-state index contributed by atoms with van der Waals surface area (Å²) >= 11 is 0. The van der Waals surface area contributed by atoms with E-state index in [1.807, 2.05) is 24.3 Å². The first kappa shape index (κ1) is 21.1. The van der Waals surface area contributed by atoms with Crippen molar-refractivity contribution in [3.8, 4) is 0 Å². The fourth-order valence-corrected chi connectivity index (χ4v) is 4.74. The smallest absolute Gasteiger partial charge is 0.247 e. The Balaban J connectivity index is 1.74. The summed E-state index contributed by atoms with van der Waals surface area (Å²) in [5, 5.41) is 2.75. The lowest BCUT2D eigenvalue weighted by atomic mass is 10.1. The molecule has 8 heteroatoms. The summed E-state index contributed by atoms with van der Waals surface area (Å²) in [5.41, 5.74) is 1.79. The molecule has 0 spiro atoms. The first-order valence-corrected chi connectivity index (χ1v) is 11.5. The predicted molar refractivity (Wildman–Crippen MR) is 114 cm³/mol. The molecule has 2 aromatic carbocycles. The maximum atomic E-state index is 13.6. The zero-order valence-corrected chi connectivity index (χ0v) is 17.5. The van der Waals surface area contributed by atoms with E-state index >= 15 is 0 Å². The third-order valence-electron chi connectivity index (χ3n) is 5.01. The monoisotopic (exact) mass is 419 g/mol. The molecule has 2 aromatic rings. The van der Waals surface area contributed by atoms with Crippen LogP contribution in [0.5, 0.6) is 0 Å². The molecule has 0 aromatic heterocycles. The van der Waals surface area contributed by atoms with Crippen LogP contribution in [0.4, 0.5) is 21.5 Å². The Morgan fingerprint density at radius 1 is 1.10 bits per heavy atom. The number of anilines is 3. The van der Waals surface area contributed by atoms with E-state index < -0.39 is 27.8 Å². The first-order chi connectivity index (χ1) is 13.8. The maximum absolute atomic E-state index is 13.6. The quantitative estimate of drug-likeness (QED) is 0.777. The molecule has 29 heavy (non-hydrogen) atoms. The number of sulfonamides is 1. The average Bonchev–Trinajstić information content (AvgIpc) is 2.68. The van der Waals surface area contributed by atoms with Gasteiger partial charge in [0.15, 0.2) is 0 Å². The van der Waals surface area contributed by atoms with Crippen molar-refractivity contribution < 1.29 is 17.6 Å². The minimum absolute atomic E-state index is 0.107. The van der Waals surface area contributed by atoms with E-state index in [1.54, 1.807) is 0 Å². The van der Waals surface area contributed by atoms with Crippen LogP contribution in [-0.4, -0.2) is 39.7 Å². The van der Waals surface area contributed by atoms with Gasteiger partial charge in [0.05, 0.1) is 11.9 Å². The highest BCUT2D eigenvalue weighted by Gasteiger charge is 2.29. The molecular formula is C21H26FN3O3S. The SMILES string of the molecule is CC(C(=O)Nc1ccc(N2CCCCC2)cc1)N(c1cccc(F)c1)S(C)(=O)=O. The molecule has 1 fully saturated rings. The first-order valence-electron chi connectivity index (χ1n) is 9.66. The van der Waals surface area contributed by atoms with Crippen LogP contribution >= 0.6 is 0 Å². The molecule has 156 valence electrons. The van der Waals surface area contributed by atoms with Gasteiger partial charge in [-0.1, -0.05) is 6.07 Å². The van der Waals surface area contributed by atoms with Gasteiger partial charge in [-0.15, -0.1) is 0 Å². The van der Waals surface area contributed by atoms with E-state index in [-0.39, 0.29) is 5.69 Å². The summed E-state index contributed by atoms with van der Waals surface area (Å²) < 4.78 is 39.1. The molecule has 1 aliphatic rings. The molecule has 0 radical (unpaired) electrons. The normalized spacial score (nSPS) is 15.6. The third kappa shape index (κ3) is 5.26. The van der Waals surface area contributed by atoms with Gasteiger partial charge in [0, 0.05) is 24.5 Å². The third-order valence-corrected chi connectivity index (χ3v) is 6.25. The van der Waals surface area contributed by atoms with Gasteiger partial charge in [-0.3, -0.25) is 9.10 Å². The fraction of sp³-hybridized carbons (Fsp3) is 0.381. The van der Waals surface area contributed by atoms with Gasteiger partial charge in [0.25, 0.3) is 0 Å². The Kier molecular flexibility index (Phi) is 6.42. The lowest BCUT2D eigenvalue weighted by molar-refractivity contribution is -0.116. The zero-order valence-electron chi connectivity index (χ0n) is 16.6. The molecule has 1 aliphatic heterocycles. The second kappa shape index (κ2) is 8.82. The van der Waals surface area contributed by atoms with Crippen LogP contribution in [0.3, 0.4) is 0 Å². The van der Waals surface area contributed by atoms with Gasteiger partial charge in [0.1, 0.15) is 11.9 Å². The van der Waals surface area contributed by atoms with E-state index in [0.717, 1.165) is 35.4 Å². The molecular weight excluding hydrogens is 393 g/mol. The highest BCUT2D eigenvalue weighted by atomic mass is 32.2. The molecule has 3 rings (SSSR count). The van der Waals surface area contributed by atoms with Crippen molar-refractivity contribution >= 4 is 33.0 Å². The maximum Gasteiger partial charge on any atom is 0.247 e. The van der Waals surface area contributed by atoms with Crippen LogP contribution in [-0.2, 0) is 14.8 Å². The Bertz CT molecular complexity index is 957. The molecule has 1 atom stereocenters. The van der Waals surface area contributed by atoms with Gasteiger partial charge in [-0.2, -0.15) is 0 Å². The minimum Gasteiger partial charge on any atom is -0.372 e. The molecule has 0 saturated carbocycles. The average molecular weight is 420 g/mol. The number of halogens is 1. The number of carbonyl (C=O) groups is 1. The summed E-state index contributed by atoms with van der Waals surface area (Å²) in [6, 6.07) is 11.7. The molecule has 1 heterocycles. The molecule has 0 aliphatic carbocycles. The van der Waals surface area contributed by atoms with Gasteiger partial charge in [-0.25, -0.2) is 12.8 Å². The van der Waals surface area contributed by atoms with Crippen molar-refractivity contribution in [1.29, 1.82) is 0 Å². The molecule has 1 saturated heterocycles. The largest absolute Gasteiger partial charge is 0.372 e. The molecule has 1 amide bonds. The number of piperidine rings is 1. The number of hydrogen-bond acceptors (Lipinski definition) is 4. The summed E-state index contributed by atoms with van der Waals surface area (Å²) in [4.78, 5) is 15.0. The highest BCUT2D eigenvalue weighted by molar-refractivity contribution is 7.92. The van der Waals surface area contributed by atoms with Crippen LogP contribution in [0.1, 0.15) is 26.2 Å².